The molecule has 0 aliphatic carbocycles. The van der Waals surface area contributed by atoms with E-state index in [0.717, 1.165) is 5.56 Å². The van der Waals surface area contributed by atoms with E-state index in [0.29, 0.717) is 11.4 Å². The highest BCUT2D eigenvalue weighted by molar-refractivity contribution is 6.30. The Morgan fingerprint density at radius 3 is 1.86 bits per heavy atom. The average molecular weight is 317 g/mol. The van der Waals surface area contributed by atoms with Crippen molar-refractivity contribution in [2.75, 3.05) is 0 Å². The number of halogens is 1. The molecule has 0 radical (unpaired) electrons. The summed E-state index contributed by atoms with van der Waals surface area (Å²) in [5.41, 5.74) is 11.4. The van der Waals surface area contributed by atoms with Crippen LogP contribution in [0.3, 0.4) is 0 Å². The molecule has 0 aliphatic heterocycles. The first-order valence-electron chi connectivity index (χ1n) is 6.36. The summed E-state index contributed by atoms with van der Waals surface area (Å²) in [6, 6.07) is 5.41. The van der Waals surface area contributed by atoms with Crippen LogP contribution >= 0.6 is 11.6 Å². The van der Waals surface area contributed by atoms with Crippen molar-refractivity contribution in [3.8, 4) is 0 Å². The van der Waals surface area contributed by atoms with E-state index in [4.69, 9.17) is 33.3 Å². The van der Waals surface area contributed by atoms with Crippen molar-refractivity contribution in [1.29, 1.82) is 0 Å². The van der Waals surface area contributed by atoms with Gasteiger partial charge in [-0.3, -0.25) is 9.59 Å². The van der Waals surface area contributed by atoms with E-state index in [9.17, 15) is 9.59 Å². The Kier molecular flexibility index (Phi) is 8.61. The lowest BCUT2D eigenvalue weighted by Gasteiger charge is -2.07. The Morgan fingerprint density at radius 1 is 1.10 bits per heavy atom. The molecule has 0 fully saturated rings. The first-order valence-corrected chi connectivity index (χ1v) is 6.74. The molecule has 0 spiro atoms. The summed E-state index contributed by atoms with van der Waals surface area (Å²) in [5.74, 6) is -1.90. The highest BCUT2D eigenvalue weighted by atomic mass is 35.5. The Hall–Kier alpha value is -1.63. The van der Waals surface area contributed by atoms with Crippen molar-refractivity contribution in [1.82, 2.24) is 0 Å². The number of rotatable bonds is 5. The van der Waals surface area contributed by atoms with Gasteiger partial charge >= 0.3 is 11.9 Å². The molecule has 21 heavy (non-hydrogen) atoms. The molecule has 1 aromatic carbocycles. The zero-order valence-electron chi connectivity index (χ0n) is 12.0. The van der Waals surface area contributed by atoms with Gasteiger partial charge in [0, 0.05) is 5.02 Å². The van der Waals surface area contributed by atoms with Gasteiger partial charge in [-0.25, -0.2) is 0 Å². The largest absolute Gasteiger partial charge is 0.480 e. The van der Waals surface area contributed by atoms with Gasteiger partial charge in [0.1, 0.15) is 12.1 Å². The molecular weight excluding hydrogens is 296 g/mol. The van der Waals surface area contributed by atoms with Crippen LogP contribution in [0.25, 0.3) is 0 Å². The van der Waals surface area contributed by atoms with Crippen LogP contribution in [0.5, 0.6) is 0 Å². The van der Waals surface area contributed by atoms with Crippen LogP contribution in [0.15, 0.2) is 24.3 Å². The summed E-state index contributed by atoms with van der Waals surface area (Å²) < 4.78 is 0. The Labute approximate surface area is 128 Å². The lowest BCUT2D eigenvalue weighted by Crippen LogP contribution is -2.34. The molecule has 1 rings (SSSR count). The summed E-state index contributed by atoms with van der Waals surface area (Å²) in [7, 11) is 0. The summed E-state index contributed by atoms with van der Waals surface area (Å²) in [6.45, 7) is 3.55. The SMILES string of the molecule is CC(C)C(N)C(=O)O.NC(Cc1ccc(Cl)cc1)C(=O)O. The van der Waals surface area contributed by atoms with Gasteiger partial charge in [-0.05, 0) is 30.0 Å². The zero-order chi connectivity index (χ0) is 16.6. The van der Waals surface area contributed by atoms with Crippen molar-refractivity contribution in [3.05, 3.63) is 34.9 Å². The molecule has 1 aromatic rings. The number of aliphatic carboxylic acids is 2. The van der Waals surface area contributed by atoms with Crippen molar-refractivity contribution < 1.29 is 19.8 Å². The normalized spacial score (nSPS) is 13.0. The fourth-order valence-electron chi connectivity index (χ4n) is 1.25. The standard InChI is InChI=1S/C9H10ClNO2.C5H11NO2/c10-7-3-1-6(2-4-7)5-8(11)9(12)13;1-3(2)4(6)5(7)8/h1-4,8H,5,11H2,(H,12,13);3-4H,6H2,1-2H3,(H,7,8). The topological polar surface area (TPSA) is 127 Å². The van der Waals surface area contributed by atoms with Crippen molar-refractivity contribution >= 4 is 23.5 Å². The Balaban J connectivity index is 0.000000433. The number of hydrogen-bond donors (Lipinski definition) is 4. The fourth-order valence-corrected chi connectivity index (χ4v) is 1.37. The number of hydrogen-bond acceptors (Lipinski definition) is 4. The summed E-state index contributed by atoms with van der Waals surface area (Å²) in [5, 5.41) is 17.4. The van der Waals surface area contributed by atoms with Gasteiger partial charge in [0.05, 0.1) is 0 Å². The first kappa shape index (κ1) is 19.4. The molecule has 2 atom stereocenters. The quantitative estimate of drug-likeness (QED) is 0.649. The van der Waals surface area contributed by atoms with Crippen LogP contribution < -0.4 is 11.5 Å². The van der Waals surface area contributed by atoms with Crippen LogP contribution in [0.4, 0.5) is 0 Å². The Bertz CT molecular complexity index is 463. The molecule has 0 aliphatic rings. The average Bonchev–Trinajstić information content (AvgIpc) is 2.40. The third kappa shape index (κ3) is 8.29. The lowest BCUT2D eigenvalue weighted by molar-refractivity contribution is -0.140. The first-order chi connectivity index (χ1) is 9.65. The molecule has 6 N–H and O–H groups in total. The molecule has 7 heteroatoms. The van der Waals surface area contributed by atoms with Crippen LogP contribution in [0.1, 0.15) is 19.4 Å². The van der Waals surface area contributed by atoms with Crippen molar-refractivity contribution in [2.45, 2.75) is 32.4 Å². The second kappa shape index (κ2) is 9.33. The lowest BCUT2D eigenvalue weighted by atomic mass is 10.1. The molecule has 0 amide bonds. The second-order valence-corrected chi connectivity index (χ2v) is 5.32. The van der Waals surface area contributed by atoms with Crippen LogP contribution in [0, 0.1) is 5.92 Å². The predicted molar refractivity (Wildman–Crippen MR) is 81.2 cm³/mol. The van der Waals surface area contributed by atoms with E-state index < -0.39 is 24.0 Å². The van der Waals surface area contributed by atoms with E-state index in [1.165, 1.54) is 0 Å². The minimum absolute atomic E-state index is 0.0208. The molecular formula is C14H21ClN2O4. The van der Waals surface area contributed by atoms with E-state index in [-0.39, 0.29) is 5.92 Å². The van der Waals surface area contributed by atoms with Gasteiger partial charge in [-0.1, -0.05) is 37.6 Å². The maximum absolute atomic E-state index is 10.4. The highest BCUT2D eigenvalue weighted by Crippen LogP contribution is 2.10. The third-order valence-corrected chi connectivity index (χ3v) is 2.94. The second-order valence-electron chi connectivity index (χ2n) is 4.88. The summed E-state index contributed by atoms with van der Waals surface area (Å²) in [4.78, 5) is 20.4. The summed E-state index contributed by atoms with van der Waals surface area (Å²) >= 11 is 5.66. The smallest absolute Gasteiger partial charge is 0.320 e. The maximum Gasteiger partial charge on any atom is 0.320 e. The summed E-state index contributed by atoms with van der Waals surface area (Å²) in [6.07, 6.45) is 0.326. The van der Waals surface area contributed by atoms with Gasteiger partial charge < -0.3 is 21.7 Å². The number of nitrogens with two attached hydrogens (primary N) is 2. The minimum Gasteiger partial charge on any atom is -0.480 e. The molecule has 0 heterocycles. The molecule has 118 valence electrons. The van der Waals surface area contributed by atoms with Gasteiger partial charge in [0.15, 0.2) is 0 Å². The van der Waals surface area contributed by atoms with E-state index >= 15 is 0 Å². The fraction of sp³-hybridized carbons (Fsp3) is 0.429. The van der Waals surface area contributed by atoms with Crippen LogP contribution in [-0.4, -0.2) is 34.2 Å². The van der Waals surface area contributed by atoms with Gasteiger partial charge in [0.25, 0.3) is 0 Å². The van der Waals surface area contributed by atoms with Crippen LogP contribution in [-0.2, 0) is 16.0 Å². The number of carboxylic acids is 2. The predicted octanol–water partition coefficient (Wildman–Crippen LogP) is 1.35. The highest BCUT2D eigenvalue weighted by Gasteiger charge is 2.14. The van der Waals surface area contributed by atoms with Gasteiger partial charge in [-0.15, -0.1) is 0 Å². The maximum atomic E-state index is 10.4. The molecule has 6 nitrogen and oxygen atoms in total. The third-order valence-electron chi connectivity index (χ3n) is 2.69. The van der Waals surface area contributed by atoms with Gasteiger partial charge in [0.2, 0.25) is 0 Å². The molecule has 0 saturated carbocycles. The van der Waals surface area contributed by atoms with Crippen LogP contribution in [0.2, 0.25) is 5.02 Å². The van der Waals surface area contributed by atoms with E-state index in [2.05, 4.69) is 0 Å². The van der Waals surface area contributed by atoms with E-state index in [1.54, 1.807) is 38.1 Å². The monoisotopic (exact) mass is 316 g/mol. The molecule has 0 bridgehead atoms. The zero-order valence-corrected chi connectivity index (χ0v) is 12.7. The number of carbonyl (C=O) groups is 2. The molecule has 0 saturated heterocycles. The van der Waals surface area contributed by atoms with E-state index in [1.807, 2.05) is 0 Å². The number of benzene rings is 1. The van der Waals surface area contributed by atoms with Crippen molar-refractivity contribution in [2.24, 2.45) is 17.4 Å². The number of carboxylic acid groups (broad SMARTS) is 2. The Morgan fingerprint density at radius 2 is 1.57 bits per heavy atom. The van der Waals surface area contributed by atoms with Gasteiger partial charge in [-0.2, -0.15) is 0 Å². The minimum atomic E-state index is -0.991. The van der Waals surface area contributed by atoms with Crippen molar-refractivity contribution in [3.63, 3.8) is 0 Å². The molecule has 0 aromatic heterocycles. The molecule has 2 unspecified atom stereocenters.